The predicted molar refractivity (Wildman–Crippen MR) is 130 cm³/mol. The first-order valence-corrected chi connectivity index (χ1v) is 10.7. The van der Waals surface area contributed by atoms with Gasteiger partial charge < -0.3 is 5.32 Å². The Hall–Kier alpha value is -4.05. The molecule has 0 unspecified atom stereocenters. The minimum Gasteiger partial charge on any atom is -0.321 e. The van der Waals surface area contributed by atoms with Crippen molar-refractivity contribution in [1.82, 2.24) is 5.43 Å². The van der Waals surface area contributed by atoms with Gasteiger partial charge in [0.15, 0.2) is 0 Å². The van der Waals surface area contributed by atoms with Crippen LogP contribution >= 0.6 is 23.2 Å². The summed E-state index contributed by atoms with van der Waals surface area (Å²) in [5.74, 6) is -1.32. The predicted octanol–water partition coefficient (Wildman–Crippen LogP) is 6.84. The highest BCUT2D eigenvalue weighted by Crippen LogP contribution is 2.34. The highest BCUT2D eigenvalue weighted by atomic mass is 35.5. The summed E-state index contributed by atoms with van der Waals surface area (Å²) in [5, 5.41) is 9.48. The number of anilines is 1. The SMILES string of the molecule is [N-]=[N+]=NCc1cccc(C(=O)Nc2ccc(Cl)cc2C(=O)N/N=C\c2ccc(Cl)c(C(F)(F)F)c2)c1. The van der Waals surface area contributed by atoms with E-state index >= 15 is 0 Å². The molecular formula is C23H15Cl2F3N6O2. The number of carbonyl (C=O) groups excluding carboxylic acids is 2. The summed E-state index contributed by atoms with van der Waals surface area (Å²) in [6.45, 7) is 0.0578. The highest BCUT2D eigenvalue weighted by molar-refractivity contribution is 6.31. The van der Waals surface area contributed by atoms with E-state index in [-0.39, 0.29) is 33.9 Å². The average Bonchev–Trinajstić information content (AvgIpc) is 2.84. The summed E-state index contributed by atoms with van der Waals surface area (Å²) in [5.41, 5.74) is 10.6. The summed E-state index contributed by atoms with van der Waals surface area (Å²) in [7, 11) is 0. The van der Waals surface area contributed by atoms with E-state index in [9.17, 15) is 22.8 Å². The van der Waals surface area contributed by atoms with Crippen molar-refractivity contribution in [1.29, 1.82) is 0 Å². The summed E-state index contributed by atoms with van der Waals surface area (Å²) in [4.78, 5) is 28.1. The van der Waals surface area contributed by atoms with E-state index in [0.29, 0.717) is 5.56 Å². The second kappa shape index (κ2) is 11.6. The van der Waals surface area contributed by atoms with Crippen LogP contribution in [0.25, 0.3) is 10.4 Å². The van der Waals surface area contributed by atoms with Crippen LogP contribution in [0, 0.1) is 0 Å². The Balaban J connectivity index is 1.77. The van der Waals surface area contributed by atoms with Gasteiger partial charge in [-0.1, -0.05) is 46.5 Å². The molecular weight excluding hydrogens is 520 g/mol. The number of alkyl halides is 3. The lowest BCUT2D eigenvalue weighted by Gasteiger charge is -2.11. The van der Waals surface area contributed by atoms with Crippen LogP contribution in [0.4, 0.5) is 18.9 Å². The molecule has 3 aromatic carbocycles. The second-order valence-corrected chi connectivity index (χ2v) is 8.01. The molecule has 0 bridgehead atoms. The standard InChI is InChI=1S/C23H15Cl2F3N6O2/c24-16-5-7-20(32-21(35)15-3-1-2-13(8-15)12-31-34-29)17(10-16)22(36)33-30-11-14-4-6-19(25)18(9-14)23(26,27)28/h1-11H,12H2,(H,32,35)(H,33,36)/b30-11-. The normalized spacial score (nSPS) is 11.1. The number of carbonyl (C=O) groups is 2. The van der Waals surface area contributed by atoms with Gasteiger partial charge in [0.1, 0.15) is 0 Å². The first kappa shape index (κ1) is 26.6. The maximum atomic E-state index is 13.0. The Kier molecular flexibility index (Phi) is 8.55. The summed E-state index contributed by atoms with van der Waals surface area (Å²) >= 11 is 11.6. The number of azide groups is 1. The molecule has 0 saturated heterocycles. The first-order valence-electron chi connectivity index (χ1n) is 9.99. The van der Waals surface area contributed by atoms with Crippen LogP contribution in [0.5, 0.6) is 0 Å². The van der Waals surface area contributed by atoms with Gasteiger partial charge in [0.05, 0.1) is 34.6 Å². The lowest BCUT2D eigenvalue weighted by molar-refractivity contribution is -0.137. The number of hydrogen-bond donors (Lipinski definition) is 2. The fraction of sp³-hybridized carbons (Fsp3) is 0.0870. The molecule has 0 atom stereocenters. The van der Waals surface area contributed by atoms with E-state index in [1.54, 1.807) is 12.1 Å². The highest BCUT2D eigenvalue weighted by Gasteiger charge is 2.33. The molecule has 0 spiro atoms. The molecule has 184 valence electrons. The molecule has 0 aliphatic carbocycles. The number of amides is 2. The minimum atomic E-state index is -4.65. The quantitative estimate of drug-likeness (QED) is 0.113. The average molecular weight is 535 g/mol. The van der Waals surface area contributed by atoms with Gasteiger partial charge >= 0.3 is 6.18 Å². The van der Waals surface area contributed by atoms with Gasteiger partial charge in [-0.15, -0.1) is 0 Å². The second-order valence-electron chi connectivity index (χ2n) is 7.17. The molecule has 0 saturated carbocycles. The number of rotatable bonds is 7. The van der Waals surface area contributed by atoms with E-state index in [4.69, 9.17) is 28.7 Å². The van der Waals surface area contributed by atoms with Crippen molar-refractivity contribution in [3.8, 4) is 0 Å². The Morgan fingerprint density at radius 2 is 1.81 bits per heavy atom. The van der Waals surface area contributed by atoms with Crippen LogP contribution in [0.15, 0.2) is 70.9 Å². The minimum absolute atomic E-state index is 0.0367. The van der Waals surface area contributed by atoms with E-state index in [2.05, 4.69) is 25.9 Å². The lowest BCUT2D eigenvalue weighted by atomic mass is 10.1. The number of hydrazone groups is 1. The number of benzene rings is 3. The summed E-state index contributed by atoms with van der Waals surface area (Å²) in [6.07, 6.45) is -3.64. The molecule has 2 N–H and O–H groups in total. The lowest BCUT2D eigenvalue weighted by Crippen LogP contribution is -2.21. The largest absolute Gasteiger partial charge is 0.417 e. The van der Waals surface area contributed by atoms with Crippen LogP contribution in [0.3, 0.4) is 0 Å². The van der Waals surface area contributed by atoms with Crippen molar-refractivity contribution in [2.45, 2.75) is 12.7 Å². The molecule has 0 heterocycles. The van der Waals surface area contributed by atoms with Crippen LogP contribution in [0.2, 0.25) is 10.0 Å². The van der Waals surface area contributed by atoms with Gasteiger partial charge in [-0.3, -0.25) is 9.59 Å². The van der Waals surface area contributed by atoms with E-state index in [1.165, 1.54) is 36.4 Å². The van der Waals surface area contributed by atoms with Crippen molar-refractivity contribution < 1.29 is 22.8 Å². The van der Waals surface area contributed by atoms with Crippen LogP contribution < -0.4 is 10.7 Å². The molecule has 8 nitrogen and oxygen atoms in total. The maximum Gasteiger partial charge on any atom is 0.417 e. The van der Waals surface area contributed by atoms with E-state index in [0.717, 1.165) is 18.3 Å². The molecule has 0 radical (unpaired) electrons. The molecule has 0 aliphatic rings. The Morgan fingerprint density at radius 1 is 1.03 bits per heavy atom. The zero-order valence-electron chi connectivity index (χ0n) is 18.1. The number of halogens is 5. The topological polar surface area (TPSA) is 119 Å². The van der Waals surface area contributed by atoms with E-state index < -0.39 is 28.6 Å². The van der Waals surface area contributed by atoms with Crippen LogP contribution in [0.1, 0.15) is 37.4 Å². The third-order valence-corrected chi connectivity index (χ3v) is 5.22. The van der Waals surface area contributed by atoms with Crippen molar-refractivity contribution in [2.24, 2.45) is 10.2 Å². The Bertz CT molecular complexity index is 1390. The van der Waals surface area contributed by atoms with Gasteiger partial charge in [0.25, 0.3) is 11.8 Å². The number of nitrogens with zero attached hydrogens (tertiary/aromatic N) is 4. The summed E-state index contributed by atoms with van der Waals surface area (Å²) in [6, 6.07) is 13.7. The first-order chi connectivity index (χ1) is 17.1. The van der Waals surface area contributed by atoms with Crippen molar-refractivity contribution >= 4 is 46.9 Å². The van der Waals surface area contributed by atoms with Crippen molar-refractivity contribution in [3.05, 3.63) is 109 Å². The Labute approximate surface area is 212 Å². The fourth-order valence-electron chi connectivity index (χ4n) is 3.00. The smallest absolute Gasteiger partial charge is 0.321 e. The molecule has 13 heteroatoms. The van der Waals surface area contributed by atoms with Crippen LogP contribution in [-0.4, -0.2) is 18.0 Å². The third kappa shape index (κ3) is 6.98. The molecule has 0 fully saturated rings. The van der Waals surface area contributed by atoms with Gasteiger partial charge in [-0.2, -0.15) is 18.3 Å². The van der Waals surface area contributed by atoms with Crippen molar-refractivity contribution in [3.63, 3.8) is 0 Å². The monoisotopic (exact) mass is 534 g/mol. The van der Waals surface area contributed by atoms with E-state index in [1.807, 2.05) is 0 Å². The molecule has 3 aromatic rings. The van der Waals surface area contributed by atoms with Gasteiger partial charge in [-0.05, 0) is 59.1 Å². The molecule has 3 rings (SSSR count). The van der Waals surface area contributed by atoms with Gasteiger partial charge in [-0.25, -0.2) is 5.43 Å². The fourth-order valence-corrected chi connectivity index (χ4v) is 3.39. The number of hydrogen-bond acceptors (Lipinski definition) is 4. The molecule has 0 aromatic heterocycles. The maximum absolute atomic E-state index is 13.0. The molecule has 0 aliphatic heterocycles. The zero-order chi connectivity index (χ0) is 26.3. The molecule has 2 amide bonds. The van der Waals surface area contributed by atoms with Crippen LogP contribution in [-0.2, 0) is 12.7 Å². The van der Waals surface area contributed by atoms with Crippen molar-refractivity contribution in [2.75, 3.05) is 5.32 Å². The Morgan fingerprint density at radius 3 is 2.53 bits per heavy atom. The molecule has 36 heavy (non-hydrogen) atoms. The van der Waals surface area contributed by atoms with Gasteiger partial charge in [0, 0.05) is 15.5 Å². The summed E-state index contributed by atoms with van der Waals surface area (Å²) < 4.78 is 39.1. The van der Waals surface area contributed by atoms with Gasteiger partial charge in [0.2, 0.25) is 0 Å². The third-order valence-electron chi connectivity index (χ3n) is 4.66. The number of nitrogens with one attached hydrogen (secondary N) is 2. The zero-order valence-corrected chi connectivity index (χ0v) is 19.6.